The lowest BCUT2D eigenvalue weighted by atomic mass is 10.1. The second kappa shape index (κ2) is 4.89. The van der Waals surface area contributed by atoms with Gasteiger partial charge >= 0.3 is 0 Å². The molecule has 0 aliphatic carbocycles. The van der Waals surface area contributed by atoms with Gasteiger partial charge in [-0.3, -0.25) is 4.98 Å². The molecular weight excluding hydrogens is 248 g/mol. The fraction of sp³-hybridized carbons (Fsp3) is 0.188. The molecule has 0 spiro atoms. The van der Waals surface area contributed by atoms with Crippen LogP contribution in [0.2, 0.25) is 0 Å². The van der Waals surface area contributed by atoms with E-state index in [1.165, 1.54) is 0 Å². The number of benzene rings is 1. The van der Waals surface area contributed by atoms with E-state index in [0.717, 1.165) is 39.4 Å². The number of nitrogens with zero attached hydrogens (tertiary/aromatic N) is 3. The first kappa shape index (κ1) is 12.5. The van der Waals surface area contributed by atoms with Gasteiger partial charge in [-0.25, -0.2) is 9.97 Å². The van der Waals surface area contributed by atoms with E-state index in [9.17, 15) is 0 Å². The first-order chi connectivity index (χ1) is 9.69. The van der Waals surface area contributed by atoms with Crippen LogP contribution in [0.4, 0.5) is 5.82 Å². The standard InChI is InChI=1S/C16H16N4/c1-10-15(19-11(2)20-16(10)17-3)13-8-12-6-4-5-7-14(12)18-9-13/h4-9H,1-3H3,(H,17,19,20). The van der Waals surface area contributed by atoms with Crippen molar-refractivity contribution in [2.24, 2.45) is 0 Å². The lowest BCUT2D eigenvalue weighted by Gasteiger charge is -2.11. The molecule has 0 saturated heterocycles. The molecule has 20 heavy (non-hydrogen) atoms. The number of nitrogens with one attached hydrogen (secondary N) is 1. The molecule has 3 rings (SSSR count). The Hall–Kier alpha value is -2.49. The molecule has 2 aromatic heterocycles. The minimum atomic E-state index is 0.753. The Bertz CT molecular complexity index is 781. The van der Waals surface area contributed by atoms with Gasteiger partial charge in [0.25, 0.3) is 0 Å². The second-order valence-corrected chi connectivity index (χ2v) is 4.76. The zero-order valence-electron chi connectivity index (χ0n) is 11.8. The number of para-hydroxylation sites is 1. The van der Waals surface area contributed by atoms with Gasteiger partial charge in [0.2, 0.25) is 0 Å². The second-order valence-electron chi connectivity index (χ2n) is 4.76. The molecule has 0 atom stereocenters. The highest BCUT2D eigenvalue weighted by Crippen LogP contribution is 2.27. The topological polar surface area (TPSA) is 50.7 Å². The maximum atomic E-state index is 4.57. The Labute approximate surface area is 117 Å². The van der Waals surface area contributed by atoms with E-state index in [2.05, 4.69) is 32.4 Å². The predicted molar refractivity (Wildman–Crippen MR) is 81.8 cm³/mol. The maximum absolute atomic E-state index is 4.57. The normalized spacial score (nSPS) is 10.8. The third kappa shape index (κ3) is 2.09. The number of rotatable bonds is 2. The van der Waals surface area contributed by atoms with Gasteiger partial charge in [0, 0.05) is 29.8 Å². The van der Waals surface area contributed by atoms with Gasteiger partial charge in [-0.15, -0.1) is 0 Å². The number of aryl methyl sites for hydroxylation is 1. The van der Waals surface area contributed by atoms with Gasteiger partial charge in [0.05, 0.1) is 11.2 Å². The molecular formula is C16H16N4. The van der Waals surface area contributed by atoms with E-state index in [0.29, 0.717) is 0 Å². The molecule has 2 heterocycles. The smallest absolute Gasteiger partial charge is 0.132 e. The molecule has 0 unspecified atom stereocenters. The van der Waals surface area contributed by atoms with Crippen molar-refractivity contribution in [2.75, 3.05) is 12.4 Å². The van der Waals surface area contributed by atoms with Crippen LogP contribution in [0, 0.1) is 13.8 Å². The van der Waals surface area contributed by atoms with Gasteiger partial charge in [0.15, 0.2) is 0 Å². The van der Waals surface area contributed by atoms with E-state index in [4.69, 9.17) is 0 Å². The highest BCUT2D eigenvalue weighted by atomic mass is 15.0. The molecule has 1 aromatic carbocycles. The van der Waals surface area contributed by atoms with E-state index in [1.54, 1.807) is 0 Å². The molecule has 3 aromatic rings. The average molecular weight is 264 g/mol. The number of fused-ring (bicyclic) bond motifs is 1. The van der Waals surface area contributed by atoms with Crippen LogP contribution in [0.3, 0.4) is 0 Å². The first-order valence-electron chi connectivity index (χ1n) is 6.57. The average Bonchev–Trinajstić information content (AvgIpc) is 2.48. The molecule has 0 fully saturated rings. The summed E-state index contributed by atoms with van der Waals surface area (Å²) in [5, 5.41) is 4.23. The van der Waals surface area contributed by atoms with Gasteiger partial charge < -0.3 is 5.32 Å². The van der Waals surface area contributed by atoms with Gasteiger partial charge in [-0.05, 0) is 26.0 Å². The summed E-state index contributed by atoms with van der Waals surface area (Å²) in [5.41, 5.74) is 3.98. The van der Waals surface area contributed by atoms with Crippen LogP contribution in [0.15, 0.2) is 36.5 Å². The Morgan fingerprint density at radius 3 is 2.65 bits per heavy atom. The van der Waals surface area contributed by atoms with Crippen molar-refractivity contribution >= 4 is 16.7 Å². The summed E-state index contributed by atoms with van der Waals surface area (Å²) in [4.78, 5) is 13.5. The first-order valence-corrected chi connectivity index (χ1v) is 6.57. The highest BCUT2D eigenvalue weighted by Gasteiger charge is 2.11. The van der Waals surface area contributed by atoms with Crippen molar-refractivity contribution in [3.05, 3.63) is 47.9 Å². The third-order valence-electron chi connectivity index (χ3n) is 3.36. The lowest BCUT2D eigenvalue weighted by Crippen LogP contribution is -2.02. The lowest BCUT2D eigenvalue weighted by molar-refractivity contribution is 1.04. The minimum Gasteiger partial charge on any atom is -0.373 e. The minimum absolute atomic E-state index is 0.753. The largest absolute Gasteiger partial charge is 0.373 e. The maximum Gasteiger partial charge on any atom is 0.132 e. The van der Waals surface area contributed by atoms with Gasteiger partial charge in [0.1, 0.15) is 11.6 Å². The zero-order valence-corrected chi connectivity index (χ0v) is 11.8. The Morgan fingerprint density at radius 2 is 1.85 bits per heavy atom. The SMILES string of the molecule is CNc1nc(C)nc(-c2cnc3ccccc3c2)c1C. The number of hydrogen-bond acceptors (Lipinski definition) is 4. The summed E-state index contributed by atoms with van der Waals surface area (Å²) in [6.07, 6.45) is 1.87. The summed E-state index contributed by atoms with van der Waals surface area (Å²) in [7, 11) is 1.87. The number of aromatic nitrogens is 3. The van der Waals surface area contributed by atoms with Crippen LogP contribution in [-0.2, 0) is 0 Å². The molecule has 4 heteroatoms. The van der Waals surface area contributed by atoms with Crippen LogP contribution in [-0.4, -0.2) is 22.0 Å². The van der Waals surface area contributed by atoms with Crippen LogP contribution in [0.1, 0.15) is 11.4 Å². The third-order valence-corrected chi connectivity index (χ3v) is 3.36. The van der Waals surface area contributed by atoms with Crippen LogP contribution < -0.4 is 5.32 Å². The number of hydrogen-bond donors (Lipinski definition) is 1. The monoisotopic (exact) mass is 264 g/mol. The van der Waals surface area contributed by atoms with Crippen molar-refractivity contribution in [3.8, 4) is 11.3 Å². The van der Waals surface area contributed by atoms with Crippen molar-refractivity contribution < 1.29 is 0 Å². The zero-order chi connectivity index (χ0) is 14.1. The summed E-state index contributed by atoms with van der Waals surface area (Å²) in [6.45, 7) is 3.92. The number of pyridine rings is 1. The molecule has 0 radical (unpaired) electrons. The molecule has 0 aliphatic rings. The fourth-order valence-corrected chi connectivity index (χ4v) is 2.35. The number of anilines is 1. The van der Waals surface area contributed by atoms with Crippen molar-refractivity contribution in [3.63, 3.8) is 0 Å². The van der Waals surface area contributed by atoms with Crippen molar-refractivity contribution in [1.82, 2.24) is 15.0 Å². The summed E-state index contributed by atoms with van der Waals surface area (Å²) in [6, 6.07) is 10.2. The molecule has 100 valence electrons. The van der Waals surface area contributed by atoms with Gasteiger partial charge in [-0.2, -0.15) is 0 Å². The molecule has 0 bridgehead atoms. The van der Waals surface area contributed by atoms with Crippen LogP contribution >= 0.6 is 0 Å². The van der Waals surface area contributed by atoms with E-state index in [-0.39, 0.29) is 0 Å². The van der Waals surface area contributed by atoms with Crippen molar-refractivity contribution in [1.29, 1.82) is 0 Å². The molecule has 0 amide bonds. The molecule has 0 saturated carbocycles. The van der Waals surface area contributed by atoms with E-state index in [1.807, 2.05) is 45.3 Å². The molecule has 1 N–H and O–H groups in total. The predicted octanol–water partition coefficient (Wildman–Crippen LogP) is 3.35. The highest BCUT2D eigenvalue weighted by molar-refractivity contribution is 5.83. The van der Waals surface area contributed by atoms with Crippen LogP contribution in [0.25, 0.3) is 22.2 Å². The Kier molecular flexibility index (Phi) is 3.06. The van der Waals surface area contributed by atoms with Gasteiger partial charge in [-0.1, -0.05) is 18.2 Å². The molecule has 4 nitrogen and oxygen atoms in total. The summed E-state index contributed by atoms with van der Waals surface area (Å²) < 4.78 is 0. The summed E-state index contributed by atoms with van der Waals surface area (Å²) in [5.74, 6) is 1.61. The Balaban J connectivity index is 2.22. The van der Waals surface area contributed by atoms with Crippen LogP contribution in [0.5, 0.6) is 0 Å². The molecule has 0 aliphatic heterocycles. The van der Waals surface area contributed by atoms with E-state index < -0.39 is 0 Å². The fourth-order valence-electron chi connectivity index (χ4n) is 2.35. The quantitative estimate of drug-likeness (QED) is 0.771. The van der Waals surface area contributed by atoms with E-state index >= 15 is 0 Å². The van der Waals surface area contributed by atoms with Crippen molar-refractivity contribution in [2.45, 2.75) is 13.8 Å². The summed E-state index contributed by atoms with van der Waals surface area (Å²) >= 11 is 0. The Morgan fingerprint density at radius 1 is 1.05 bits per heavy atom.